The van der Waals surface area contributed by atoms with E-state index in [1.807, 2.05) is 30.3 Å². The number of carbonyl (C=O) groups excluding carboxylic acids is 2. The Hall–Kier alpha value is -2.56. The highest BCUT2D eigenvalue weighted by Gasteiger charge is 2.37. The van der Waals surface area contributed by atoms with Crippen molar-refractivity contribution < 1.29 is 14.3 Å². The predicted octanol–water partition coefficient (Wildman–Crippen LogP) is 5.26. The summed E-state index contributed by atoms with van der Waals surface area (Å²) in [6.45, 7) is 3.67. The fourth-order valence-corrected chi connectivity index (χ4v) is 3.24. The summed E-state index contributed by atoms with van der Waals surface area (Å²) in [6, 6.07) is 14.2. The van der Waals surface area contributed by atoms with Gasteiger partial charge in [-0.15, -0.1) is 0 Å². The van der Waals surface area contributed by atoms with Crippen LogP contribution < -0.4 is 4.90 Å². The molecule has 0 saturated heterocycles. The van der Waals surface area contributed by atoms with E-state index >= 15 is 0 Å². The zero-order valence-corrected chi connectivity index (χ0v) is 16.3. The molecule has 0 unspecified atom stereocenters. The highest BCUT2D eigenvalue weighted by molar-refractivity contribution is 6.42. The van der Waals surface area contributed by atoms with E-state index in [1.54, 1.807) is 38.1 Å². The van der Waals surface area contributed by atoms with Crippen LogP contribution in [0.1, 0.15) is 19.4 Å². The smallest absolute Gasteiger partial charge is 0.340 e. The average Bonchev–Trinajstić information content (AvgIpc) is 2.89. The van der Waals surface area contributed by atoms with Gasteiger partial charge in [0.2, 0.25) is 0 Å². The maximum absolute atomic E-state index is 13.1. The molecule has 0 atom stereocenters. The maximum Gasteiger partial charge on any atom is 0.340 e. The number of allylic oxidation sites excluding steroid dienone is 1. The lowest BCUT2D eigenvalue weighted by atomic mass is 10.0. The molecule has 0 bridgehead atoms. The molecule has 4 nitrogen and oxygen atoms in total. The number of halogens is 2. The van der Waals surface area contributed by atoms with Crippen molar-refractivity contribution in [1.29, 1.82) is 0 Å². The highest BCUT2D eigenvalue weighted by atomic mass is 35.5. The molecule has 2 aromatic carbocycles. The summed E-state index contributed by atoms with van der Waals surface area (Å²) in [6.07, 6.45) is 1.63. The third-order valence-corrected chi connectivity index (χ3v) is 4.89. The molecule has 0 radical (unpaired) electrons. The number of rotatable bonds is 4. The lowest BCUT2D eigenvalue weighted by molar-refractivity contribution is -0.138. The van der Waals surface area contributed by atoms with Crippen LogP contribution in [-0.2, 0) is 14.3 Å². The molecule has 6 heteroatoms. The highest BCUT2D eigenvalue weighted by Crippen LogP contribution is 2.36. The number of hydrogen-bond donors (Lipinski definition) is 0. The Morgan fingerprint density at radius 3 is 2.44 bits per heavy atom. The molecule has 1 aliphatic rings. The van der Waals surface area contributed by atoms with Crippen molar-refractivity contribution in [3.05, 3.63) is 81.0 Å². The molecule has 138 valence electrons. The van der Waals surface area contributed by atoms with Crippen LogP contribution in [0.4, 0.5) is 5.69 Å². The Bertz CT molecular complexity index is 965. The summed E-state index contributed by atoms with van der Waals surface area (Å²) < 4.78 is 5.18. The molecule has 0 fully saturated rings. The second kappa shape index (κ2) is 7.99. The minimum Gasteiger partial charge on any atom is -0.462 e. The van der Waals surface area contributed by atoms with Gasteiger partial charge in [-0.1, -0.05) is 47.5 Å². The molecule has 1 amide bonds. The number of amides is 1. The molecular weight excluding hydrogens is 385 g/mol. The van der Waals surface area contributed by atoms with Crippen LogP contribution in [-0.4, -0.2) is 18.5 Å². The average molecular weight is 402 g/mol. The van der Waals surface area contributed by atoms with E-state index in [0.717, 1.165) is 0 Å². The number of benzene rings is 2. The van der Waals surface area contributed by atoms with Crippen molar-refractivity contribution in [1.82, 2.24) is 0 Å². The molecule has 0 aliphatic carbocycles. The third kappa shape index (κ3) is 3.77. The summed E-state index contributed by atoms with van der Waals surface area (Å²) >= 11 is 12.0. The van der Waals surface area contributed by atoms with Gasteiger partial charge < -0.3 is 4.74 Å². The summed E-state index contributed by atoms with van der Waals surface area (Å²) in [4.78, 5) is 27.2. The van der Waals surface area contributed by atoms with E-state index in [2.05, 4.69) is 0 Å². The van der Waals surface area contributed by atoms with E-state index in [4.69, 9.17) is 27.9 Å². The van der Waals surface area contributed by atoms with Gasteiger partial charge in [0.25, 0.3) is 5.91 Å². The van der Waals surface area contributed by atoms with Crippen LogP contribution in [0.5, 0.6) is 0 Å². The zero-order chi connectivity index (χ0) is 19.6. The van der Waals surface area contributed by atoms with Crippen LogP contribution in [0.3, 0.4) is 0 Å². The summed E-state index contributed by atoms with van der Waals surface area (Å²) in [5, 5.41) is 0.787. The first kappa shape index (κ1) is 19.2. The lowest BCUT2D eigenvalue weighted by Gasteiger charge is -2.17. The van der Waals surface area contributed by atoms with Crippen LogP contribution in [0.15, 0.2) is 65.4 Å². The van der Waals surface area contributed by atoms with Crippen LogP contribution in [0.25, 0.3) is 6.08 Å². The molecule has 1 heterocycles. The predicted molar refractivity (Wildman–Crippen MR) is 108 cm³/mol. The Morgan fingerprint density at radius 1 is 1.11 bits per heavy atom. The second-order valence-electron chi connectivity index (χ2n) is 5.89. The Morgan fingerprint density at radius 2 is 1.81 bits per heavy atom. The van der Waals surface area contributed by atoms with Crippen molar-refractivity contribution in [2.45, 2.75) is 13.8 Å². The molecule has 3 rings (SSSR count). The van der Waals surface area contributed by atoms with Crippen molar-refractivity contribution in [2.75, 3.05) is 11.5 Å². The molecule has 1 aliphatic heterocycles. The van der Waals surface area contributed by atoms with Crippen molar-refractivity contribution in [3.63, 3.8) is 0 Å². The quantitative estimate of drug-likeness (QED) is 0.518. The summed E-state index contributed by atoms with van der Waals surface area (Å²) in [5.41, 5.74) is 2.37. The van der Waals surface area contributed by atoms with Gasteiger partial charge in [0.15, 0.2) is 0 Å². The number of para-hydroxylation sites is 1. The number of anilines is 1. The van der Waals surface area contributed by atoms with Gasteiger partial charge >= 0.3 is 5.97 Å². The Balaban J connectivity index is 2.13. The lowest BCUT2D eigenvalue weighted by Crippen LogP contribution is -2.24. The van der Waals surface area contributed by atoms with E-state index in [0.29, 0.717) is 27.0 Å². The van der Waals surface area contributed by atoms with Gasteiger partial charge in [-0.05, 0) is 49.8 Å². The zero-order valence-electron chi connectivity index (χ0n) is 14.8. The molecule has 0 aromatic heterocycles. The first-order valence-electron chi connectivity index (χ1n) is 8.38. The van der Waals surface area contributed by atoms with Gasteiger partial charge in [0.05, 0.1) is 27.8 Å². The third-order valence-electron chi connectivity index (χ3n) is 4.15. The van der Waals surface area contributed by atoms with E-state index < -0.39 is 5.97 Å². The summed E-state index contributed by atoms with van der Waals surface area (Å²) in [7, 11) is 0. The fraction of sp³-hybridized carbons (Fsp3) is 0.143. The van der Waals surface area contributed by atoms with Crippen LogP contribution >= 0.6 is 23.2 Å². The Labute approximate surface area is 167 Å². The van der Waals surface area contributed by atoms with E-state index in [1.165, 1.54) is 4.90 Å². The maximum atomic E-state index is 13.1. The van der Waals surface area contributed by atoms with Gasteiger partial charge in [-0.3, -0.25) is 9.69 Å². The standard InChI is InChI=1S/C21H17Cl2NO3/c1-3-27-21(26)19-13(2)24(15-7-5-4-6-8-15)20(25)16(19)11-14-9-10-17(22)18(23)12-14/h4-12H,3H2,1-2H3. The molecule has 2 aromatic rings. The molecule has 0 spiro atoms. The molecule has 0 saturated carbocycles. The second-order valence-corrected chi connectivity index (χ2v) is 6.70. The van der Waals surface area contributed by atoms with E-state index in [-0.39, 0.29) is 23.7 Å². The monoisotopic (exact) mass is 401 g/mol. The molecule has 0 N–H and O–H groups in total. The number of ether oxygens (including phenoxy) is 1. The SMILES string of the molecule is CCOC(=O)C1=C(C)N(c2ccccc2)C(=O)C1=Cc1ccc(Cl)c(Cl)c1. The van der Waals surface area contributed by atoms with Crippen molar-refractivity contribution in [2.24, 2.45) is 0 Å². The fourth-order valence-electron chi connectivity index (χ4n) is 2.94. The summed E-state index contributed by atoms with van der Waals surface area (Å²) in [5.74, 6) is -0.832. The van der Waals surface area contributed by atoms with Crippen molar-refractivity contribution in [3.8, 4) is 0 Å². The van der Waals surface area contributed by atoms with Crippen molar-refractivity contribution >= 4 is 46.8 Å². The normalized spacial score (nSPS) is 15.6. The minimum absolute atomic E-state index is 0.217. The first-order valence-corrected chi connectivity index (χ1v) is 9.14. The molecular formula is C21H17Cl2NO3. The number of esters is 1. The van der Waals surface area contributed by atoms with Gasteiger partial charge in [0.1, 0.15) is 0 Å². The van der Waals surface area contributed by atoms with Gasteiger partial charge in [-0.2, -0.15) is 0 Å². The Kier molecular flexibility index (Phi) is 5.68. The van der Waals surface area contributed by atoms with Crippen LogP contribution in [0.2, 0.25) is 10.0 Å². The first-order chi connectivity index (χ1) is 12.9. The topological polar surface area (TPSA) is 46.6 Å². The number of nitrogens with zero attached hydrogens (tertiary/aromatic N) is 1. The number of carbonyl (C=O) groups is 2. The van der Waals surface area contributed by atoms with Crippen LogP contribution in [0, 0.1) is 0 Å². The largest absolute Gasteiger partial charge is 0.462 e. The van der Waals surface area contributed by atoms with Gasteiger partial charge in [-0.25, -0.2) is 4.79 Å². The molecule has 27 heavy (non-hydrogen) atoms. The van der Waals surface area contributed by atoms with Gasteiger partial charge in [0, 0.05) is 11.4 Å². The minimum atomic E-state index is -0.534. The number of hydrogen-bond acceptors (Lipinski definition) is 3. The van der Waals surface area contributed by atoms with E-state index in [9.17, 15) is 9.59 Å².